The average molecular weight is 2420 g/mol. The summed E-state index contributed by atoms with van der Waals surface area (Å²) in [6.07, 6.45) is 8.24. The van der Waals surface area contributed by atoms with Crippen LogP contribution in [0.1, 0.15) is 168 Å². The Bertz CT molecular complexity index is 2870. The summed E-state index contributed by atoms with van der Waals surface area (Å²) in [6, 6.07) is 1.85. The largest absolute Gasteiger partial charge is 0.500 e. The summed E-state index contributed by atoms with van der Waals surface area (Å²) in [4.78, 5) is 215. The van der Waals surface area contributed by atoms with Crippen LogP contribution in [-0.4, -0.2) is 429 Å². The van der Waals surface area contributed by atoms with Crippen molar-refractivity contribution in [2.45, 2.75) is 204 Å². The van der Waals surface area contributed by atoms with Gasteiger partial charge in [-0.25, -0.2) is 0 Å². The Morgan fingerprint density at radius 3 is 0.693 bits per heavy atom. The number of carbonyl (C=O) groups excluding carboxylic acids is 12. The van der Waals surface area contributed by atoms with E-state index in [9.17, 15) is 71.9 Å². The van der Waals surface area contributed by atoms with Crippen LogP contribution in [0.3, 0.4) is 0 Å². The zero-order valence-corrected chi connectivity index (χ0v) is 99.8. The van der Waals surface area contributed by atoms with Gasteiger partial charge in [0.15, 0.2) is 0 Å². The fraction of sp³-hybridized carbons (Fsp3) is 0.852. The smallest absolute Gasteiger partial charge is 0.466 e. The van der Waals surface area contributed by atoms with Crippen molar-refractivity contribution in [1.82, 2.24) is 50.7 Å². The Kier molecular flexibility index (Phi) is 108. The van der Waals surface area contributed by atoms with Crippen LogP contribution in [0.2, 0.25) is 36.3 Å². The average Bonchev–Trinajstić information content (AvgIpc) is 0.914. The molecule has 0 aromatic heterocycles. The van der Waals surface area contributed by atoms with E-state index in [0.29, 0.717) is 125 Å². The first-order valence-corrected chi connectivity index (χ1v) is 59.4. The molecule has 0 unspecified atom stereocenters. The third-order valence-corrected chi connectivity index (χ3v) is 35.2. The number of thiol groups is 3. The van der Waals surface area contributed by atoms with Gasteiger partial charge in [-0.1, -0.05) is 26.7 Å². The number of hydrogen-bond donors (Lipinski definition) is 13. The number of amides is 8. The molecule has 0 radical (unpaired) electrons. The van der Waals surface area contributed by atoms with Crippen molar-refractivity contribution in [2.24, 2.45) is 0 Å². The van der Waals surface area contributed by atoms with Crippen molar-refractivity contribution in [1.29, 1.82) is 0 Å². The first-order chi connectivity index (χ1) is 63.7. The van der Waals surface area contributed by atoms with E-state index in [4.69, 9.17) is 86.4 Å². The molecule has 834 valence electrons. The summed E-state index contributed by atoms with van der Waals surface area (Å²) in [5, 5.41) is 11.3. The van der Waals surface area contributed by atoms with Gasteiger partial charge < -0.3 is 142 Å². The maximum atomic E-state index is 12.9. The number of imide groups is 2. The van der Waals surface area contributed by atoms with Gasteiger partial charge in [-0.3, -0.25) is 67.3 Å². The Hall–Kier alpha value is -1.37. The first-order valence-electron chi connectivity index (χ1n) is 45.7. The van der Waals surface area contributed by atoms with E-state index in [0.717, 1.165) is 17.7 Å². The van der Waals surface area contributed by atoms with Crippen LogP contribution in [0.5, 0.6) is 0 Å². The molecule has 0 heterocycles. The third-order valence-electron chi connectivity index (χ3n) is 20.8. The van der Waals surface area contributed by atoms with Gasteiger partial charge in [0.25, 0.3) is 0 Å². The SMILES string of the molecule is CCCCC(=O)N(CCNC(=O)CCN(CCC[Si](O)(O)O)CCC(=O)NCCN(C(=O)CCCS)C(=O)CCCS)C(=O)CCCS.CCCC[Si](O)(O)O.CO[Si](CCCOC(=O)CCN(CCNC(=O)CCN(C)CCC(=O)NCCN(CCC(=O)OCCC[Si](OC)(OC)OC)CCC(=O)OCCC[Si](OC)(OC)OC)CCC(=O)OCCC[Si](OC)(OC)OC)(OC)OC.[Fe].[Fe].[Fe].[Fe].[Fe].[Fe]. The number of carbonyl (C=O) groups is 12. The van der Waals surface area contributed by atoms with Crippen LogP contribution in [0, 0.1) is 0 Å². The van der Waals surface area contributed by atoms with Gasteiger partial charge in [-0.2, -0.15) is 37.9 Å². The van der Waals surface area contributed by atoms with Crippen molar-refractivity contribution in [3.63, 3.8) is 0 Å². The van der Waals surface area contributed by atoms with E-state index in [-0.39, 0.29) is 357 Å². The molecule has 0 spiro atoms. The van der Waals surface area contributed by atoms with Crippen molar-refractivity contribution in [3.05, 3.63) is 0 Å². The maximum Gasteiger partial charge on any atom is 0.500 e. The maximum absolute atomic E-state index is 12.9. The number of unbranched alkanes of at least 4 members (excludes halogenated alkanes) is 2. The Balaban J connectivity index is -0.000000338. The fourth-order valence-electron chi connectivity index (χ4n) is 12.6. The van der Waals surface area contributed by atoms with Crippen molar-refractivity contribution in [2.75, 3.05) is 247 Å². The first kappa shape index (κ1) is 156. The summed E-state index contributed by atoms with van der Waals surface area (Å²) >= 11 is 12.4. The molecule has 0 fully saturated rings. The molecule has 0 aliphatic heterocycles. The molecule has 0 bridgehead atoms. The molecule has 0 rings (SSSR count). The molecule has 0 aromatic rings. The molecule has 44 nitrogen and oxygen atoms in total. The number of nitrogens with one attached hydrogen (secondary N) is 4. The normalized spacial score (nSPS) is 11.4. The van der Waals surface area contributed by atoms with Crippen molar-refractivity contribution in [3.8, 4) is 0 Å². The summed E-state index contributed by atoms with van der Waals surface area (Å²) in [7, 11) is 0.883. The summed E-state index contributed by atoms with van der Waals surface area (Å²) in [6.45, 7) is 8.56. The van der Waals surface area contributed by atoms with Gasteiger partial charge in [0, 0.05) is 380 Å². The predicted octanol–water partition coefficient (Wildman–Crippen LogP) is 1.67. The topological polar surface area (TPSA) is 541 Å². The van der Waals surface area contributed by atoms with Crippen LogP contribution < -0.4 is 21.3 Å². The van der Waals surface area contributed by atoms with E-state index in [2.05, 4.69) is 59.2 Å². The van der Waals surface area contributed by atoms with Crippen LogP contribution in [0.4, 0.5) is 0 Å². The van der Waals surface area contributed by atoms with Gasteiger partial charge in [-0.15, -0.1) is 0 Å². The van der Waals surface area contributed by atoms with E-state index in [1.807, 2.05) is 35.6 Å². The van der Waals surface area contributed by atoms with Crippen LogP contribution in [0.15, 0.2) is 0 Å². The zero-order valence-electron chi connectivity index (χ0n) is 84.4. The van der Waals surface area contributed by atoms with Crippen molar-refractivity contribution < 1.29 is 261 Å². The monoisotopic (exact) mass is 2420 g/mol. The Morgan fingerprint density at radius 1 is 0.257 bits per heavy atom. The second-order valence-corrected chi connectivity index (χ2v) is 48.7. The Morgan fingerprint density at radius 2 is 0.471 bits per heavy atom. The van der Waals surface area contributed by atoms with Crippen LogP contribution in [0.25, 0.3) is 0 Å². The van der Waals surface area contributed by atoms with Crippen molar-refractivity contribution >= 4 is 162 Å². The quantitative estimate of drug-likeness (QED) is 0.0135. The molecule has 0 atom stereocenters. The molecule has 0 saturated heterocycles. The van der Waals surface area contributed by atoms with Gasteiger partial charge in [0.2, 0.25) is 47.3 Å². The molecule has 59 heteroatoms. The molecule has 0 aliphatic carbocycles. The summed E-state index contributed by atoms with van der Waals surface area (Å²) in [5.74, 6) is -2.41. The van der Waals surface area contributed by atoms with Crippen LogP contribution in [-0.2, 0) is 232 Å². The van der Waals surface area contributed by atoms with E-state index >= 15 is 0 Å². The molecule has 0 saturated carbocycles. The molecule has 140 heavy (non-hydrogen) atoms. The second kappa shape index (κ2) is 97.1. The van der Waals surface area contributed by atoms with E-state index in [1.165, 1.54) is 90.2 Å². The minimum absolute atomic E-state index is 0. The minimum Gasteiger partial charge on any atom is -0.466 e. The molecule has 10 N–H and O–H groups in total. The second-order valence-electron chi connectivity index (χ2n) is 30.9. The third kappa shape index (κ3) is 82.4. The number of esters is 4. The Labute approximate surface area is 917 Å². The van der Waals surface area contributed by atoms with E-state index < -0.39 is 76.7 Å². The number of hydrogen-bond acceptors (Lipinski definition) is 41. The van der Waals surface area contributed by atoms with Gasteiger partial charge >= 0.3 is 76.7 Å². The van der Waals surface area contributed by atoms with Gasteiger partial charge in [0.05, 0.1) is 52.1 Å². The van der Waals surface area contributed by atoms with Crippen LogP contribution >= 0.6 is 37.9 Å². The predicted molar refractivity (Wildman–Crippen MR) is 521 cm³/mol. The zero-order chi connectivity index (χ0) is 102. The number of ether oxygens (including phenoxy) is 4. The molecular formula is C81H166Fe6N10O34S3Si6. The molecule has 0 aromatic carbocycles. The fourth-order valence-corrected chi connectivity index (χ4v) is 21.3. The van der Waals surface area contributed by atoms with Gasteiger partial charge in [0.1, 0.15) is 0 Å². The summed E-state index contributed by atoms with van der Waals surface area (Å²) < 4.78 is 86.9. The molecular weight excluding hydrogens is 2260 g/mol. The summed E-state index contributed by atoms with van der Waals surface area (Å²) in [5.41, 5.74) is 0. The minimum atomic E-state index is -4.26. The van der Waals surface area contributed by atoms with Gasteiger partial charge in [-0.05, 0) is 95.1 Å². The number of nitrogens with zero attached hydrogens (tertiary/aromatic N) is 6. The molecule has 0 aliphatic rings. The van der Waals surface area contributed by atoms with E-state index in [1.54, 1.807) is 4.90 Å². The number of rotatable bonds is 83. The standard InChI is InChI=1S/C47H97N5O22Si4.C30H57N5O9S3Si.C4H12O3Si.6Fe/c1-50(26-18-42(53)48-24-32-51(28-20-44(55)71-34-14-38-75(59-2,60-3)61-4)29-21-45(56)72-35-15-39-76(62-5,63-6)64-7)27-19-43(54)49-25-33-52(30-22-46(57)73-36-16-40-77(65-8,66-9)67-10)31-23-47(58)74-37-17-41-78(68-11,69-12)70-13;1-2-3-8-27(38)34(28(39)9-4-21-45)19-14-31-25(36)12-17-33(16-7-24-48(42,43)44)18-13-26(37)32-15-20-35(29(40)10-5-22-46)30(41)11-6-23-47;1-2-3-4-8(5,6)7;;;;;;/h14-41H2,1-13H3,(H,48,53)(H,49,54);42-47H,2-24H2,1H3,(H,31,36)(H,32,37);5-7H,2-4H2,1H3;;;;;;. The molecule has 8 amide bonds.